The lowest BCUT2D eigenvalue weighted by Gasteiger charge is -2.10. The van der Waals surface area contributed by atoms with Gasteiger partial charge in [-0.15, -0.1) is 0 Å². The minimum atomic E-state index is -0.959. The van der Waals surface area contributed by atoms with Crippen molar-refractivity contribution < 1.29 is 14.7 Å². The molecule has 0 fully saturated rings. The number of amides is 1. The first kappa shape index (κ1) is 13.2. The first-order chi connectivity index (χ1) is 8.00. The molecule has 7 nitrogen and oxygen atoms in total. The average Bonchev–Trinajstić information content (AvgIpc) is 2.68. The zero-order chi connectivity index (χ0) is 12.8. The van der Waals surface area contributed by atoms with Crippen molar-refractivity contribution in [1.82, 2.24) is 15.5 Å². The van der Waals surface area contributed by atoms with Crippen LogP contribution in [-0.2, 0) is 16.1 Å². The van der Waals surface area contributed by atoms with E-state index >= 15 is 0 Å². The molecule has 1 unspecified atom stereocenters. The zero-order valence-corrected chi connectivity index (χ0v) is 9.56. The van der Waals surface area contributed by atoms with Gasteiger partial charge in [0.15, 0.2) is 0 Å². The second-order valence-electron chi connectivity index (χ2n) is 3.78. The Balaban J connectivity index is 2.34. The number of nitrogens with zero attached hydrogens (tertiary/aromatic N) is 1. The molecular formula is C10H16N4O3. The van der Waals surface area contributed by atoms with E-state index in [1.165, 1.54) is 0 Å². The third-order valence-corrected chi connectivity index (χ3v) is 2.39. The Bertz CT molecular complexity index is 402. The molecule has 0 saturated carbocycles. The van der Waals surface area contributed by atoms with Gasteiger partial charge in [0, 0.05) is 24.2 Å². The lowest BCUT2D eigenvalue weighted by atomic mass is 10.1. The molecule has 0 aliphatic rings. The summed E-state index contributed by atoms with van der Waals surface area (Å²) in [5.41, 5.74) is 7.30. The number of aromatic nitrogens is 2. The molecule has 1 amide bonds. The first-order valence-electron chi connectivity index (χ1n) is 5.24. The van der Waals surface area contributed by atoms with E-state index in [-0.39, 0.29) is 18.7 Å². The number of carboxylic acid groups (broad SMARTS) is 1. The van der Waals surface area contributed by atoms with Crippen LogP contribution >= 0.6 is 0 Å². The molecule has 1 heterocycles. The second-order valence-corrected chi connectivity index (χ2v) is 3.78. The normalized spacial score (nSPS) is 12.1. The molecule has 7 heteroatoms. The van der Waals surface area contributed by atoms with E-state index < -0.39 is 12.0 Å². The van der Waals surface area contributed by atoms with Crippen LogP contribution in [0.1, 0.15) is 24.1 Å². The van der Waals surface area contributed by atoms with E-state index in [1.807, 2.05) is 6.92 Å². The standard InChI is InChI=1S/C10H16N4O3/c1-6-7(5-13-14-6)4-12-10(17)8(11)2-3-9(15)16/h5,8H,2-4,11H2,1H3,(H,12,17)(H,13,14)(H,15,16). The van der Waals surface area contributed by atoms with E-state index in [4.69, 9.17) is 10.8 Å². The molecule has 0 bridgehead atoms. The van der Waals surface area contributed by atoms with Gasteiger partial charge in [-0.1, -0.05) is 0 Å². The second kappa shape index (κ2) is 6.00. The smallest absolute Gasteiger partial charge is 0.303 e. The number of hydrogen-bond donors (Lipinski definition) is 4. The number of aryl methyl sites for hydroxylation is 1. The summed E-state index contributed by atoms with van der Waals surface area (Å²) < 4.78 is 0. The summed E-state index contributed by atoms with van der Waals surface area (Å²) in [6, 6.07) is -0.793. The predicted octanol–water partition coefficient (Wildman–Crippen LogP) is -0.474. The fourth-order valence-corrected chi connectivity index (χ4v) is 1.28. The highest BCUT2D eigenvalue weighted by Gasteiger charge is 2.14. The minimum absolute atomic E-state index is 0.112. The van der Waals surface area contributed by atoms with Gasteiger partial charge in [0.1, 0.15) is 0 Å². The van der Waals surface area contributed by atoms with E-state index in [9.17, 15) is 9.59 Å². The van der Waals surface area contributed by atoms with Crippen LogP contribution in [0.15, 0.2) is 6.20 Å². The van der Waals surface area contributed by atoms with Crippen molar-refractivity contribution in [2.75, 3.05) is 0 Å². The van der Waals surface area contributed by atoms with Crippen LogP contribution in [-0.4, -0.2) is 33.2 Å². The van der Waals surface area contributed by atoms with Gasteiger partial charge >= 0.3 is 5.97 Å². The van der Waals surface area contributed by atoms with Crippen molar-refractivity contribution in [3.05, 3.63) is 17.5 Å². The maximum atomic E-state index is 11.5. The largest absolute Gasteiger partial charge is 0.481 e. The highest BCUT2D eigenvalue weighted by Crippen LogP contribution is 2.02. The number of carbonyl (C=O) groups excluding carboxylic acids is 1. The van der Waals surface area contributed by atoms with Crippen LogP contribution in [0.2, 0.25) is 0 Å². The zero-order valence-electron chi connectivity index (χ0n) is 9.56. The number of carboxylic acids is 1. The maximum absolute atomic E-state index is 11.5. The number of nitrogens with one attached hydrogen (secondary N) is 2. The Morgan fingerprint density at radius 1 is 1.65 bits per heavy atom. The van der Waals surface area contributed by atoms with E-state index in [2.05, 4.69) is 15.5 Å². The van der Waals surface area contributed by atoms with Gasteiger partial charge in [-0.2, -0.15) is 5.10 Å². The third kappa shape index (κ3) is 4.23. The van der Waals surface area contributed by atoms with Crippen LogP contribution in [0.3, 0.4) is 0 Å². The van der Waals surface area contributed by atoms with Crippen molar-refractivity contribution >= 4 is 11.9 Å². The fourth-order valence-electron chi connectivity index (χ4n) is 1.28. The van der Waals surface area contributed by atoms with Crippen molar-refractivity contribution in [3.63, 3.8) is 0 Å². The van der Waals surface area contributed by atoms with Crippen LogP contribution in [0.25, 0.3) is 0 Å². The van der Waals surface area contributed by atoms with Crippen LogP contribution < -0.4 is 11.1 Å². The summed E-state index contributed by atoms with van der Waals surface area (Å²) in [4.78, 5) is 21.8. The molecule has 0 aliphatic heterocycles. The Labute approximate surface area is 98.4 Å². The summed E-state index contributed by atoms with van der Waals surface area (Å²) in [5, 5.41) is 17.7. The molecule has 1 aromatic rings. The van der Waals surface area contributed by atoms with Gasteiger partial charge in [0.25, 0.3) is 0 Å². The van der Waals surface area contributed by atoms with Crippen molar-refractivity contribution in [2.45, 2.75) is 32.4 Å². The quantitative estimate of drug-likeness (QED) is 0.535. The Morgan fingerprint density at radius 2 is 2.35 bits per heavy atom. The number of aliphatic carboxylic acids is 1. The molecule has 5 N–H and O–H groups in total. The number of nitrogens with two attached hydrogens (primary N) is 1. The molecule has 94 valence electrons. The molecule has 0 radical (unpaired) electrons. The third-order valence-electron chi connectivity index (χ3n) is 2.39. The summed E-state index contributed by atoms with van der Waals surface area (Å²) in [6.07, 6.45) is 1.64. The molecule has 1 rings (SSSR count). The number of carbonyl (C=O) groups is 2. The molecule has 0 spiro atoms. The van der Waals surface area contributed by atoms with Crippen molar-refractivity contribution in [3.8, 4) is 0 Å². The lowest BCUT2D eigenvalue weighted by Crippen LogP contribution is -2.40. The number of aromatic amines is 1. The van der Waals surface area contributed by atoms with Gasteiger partial charge in [-0.25, -0.2) is 0 Å². The minimum Gasteiger partial charge on any atom is -0.481 e. The van der Waals surface area contributed by atoms with Crippen LogP contribution in [0, 0.1) is 6.92 Å². The molecular weight excluding hydrogens is 224 g/mol. The number of H-pyrrole nitrogens is 1. The molecule has 1 atom stereocenters. The summed E-state index contributed by atoms with van der Waals surface area (Å²) in [6.45, 7) is 2.18. The molecule has 1 aromatic heterocycles. The predicted molar refractivity (Wildman–Crippen MR) is 60.0 cm³/mol. The van der Waals surface area contributed by atoms with E-state index in [1.54, 1.807) is 6.20 Å². The lowest BCUT2D eigenvalue weighted by molar-refractivity contribution is -0.137. The molecule has 0 aromatic carbocycles. The average molecular weight is 240 g/mol. The van der Waals surface area contributed by atoms with Gasteiger partial charge < -0.3 is 16.2 Å². The van der Waals surface area contributed by atoms with Crippen LogP contribution in [0.4, 0.5) is 0 Å². The van der Waals surface area contributed by atoms with Gasteiger partial charge in [-0.3, -0.25) is 14.7 Å². The van der Waals surface area contributed by atoms with Gasteiger partial charge in [0.2, 0.25) is 5.91 Å². The number of rotatable bonds is 6. The fraction of sp³-hybridized carbons (Fsp3) is 0.500. The maximum Gasteiger partial charge on any atom is 0.303 e. The molecule has 0 saturated heterocycles. The highest BCUT2D eigenvalue weighted by molar-refractivity contribution is 5.82. The summed E-state index contributed by atoms with van der Waals surface area (Å²) >= 11 is 0. The summed E-state index contributed by atoms with van der Waals surface area (Å²) in [5.74, 6) is -1.31. The summed E-state index contributed by atoms with van der Waals surface area (Å²) in [7, 11) is 0. The molecule has 17 heavy (non-hydrogen) atoms. The highest BCUT2D eigenvalue weighted by atomic mass is 16.4. The van der Waals surface area contributed by atoms with Crippen molar-refractivity contribution in [2.24, 2.45) is 5.73 Å². The van der Waals surface area contributed by atoms with E-state index in [0.29, 0.717) is 6.54 Å². The Morgan fingerprint density at radius 3 is 2.88 bits per heavy atom. The SMILES string of the molecule is Cc1[nH]ncc1CNC(=O)C(N)CCC(=O)O. The monoisotopic (exact) mass is 240 g/mol. The van der Waals surface area contributed by atoms with Gasteiger partial charge in [0.05, 0.1) is 12.2 Å². The number of hydrogen-bond acceptors (Lipinski definition) is 4. The van der Waals surface area contributed by atoms with Crippen LogP contribution in [0.5, 0.6) is 0 Å². The topological polar surface area (TPSA) is 121 Å². The first-order valence-corrected chi connectivity index (χ1v) is 5.24. The Kier molecular flexibility index (Phi) is 4.65. The van der Waals surface area contributed by atoms with Gasteiger partial charge in [-0.05, 0) is 13.3 Å². The Hall–Kier alpha value is -1.89. The molecule has 0 aliphatic carbocycles. The van der Waals surface area contributed by atoms with Crippen molar-refractivity contribution in [1.29, 1.82) is 0 Å². The van der Waals surface area contributed by atoms with E-state index in [0.717, 1.165) is 11.3 Å².